The smallest absolute Gasteiger partial charge is 0.248 e. The molecule has 0 saturated carbocycles. The summed E-state index contributed by atoms with van der Waals surface area (Å²) in [5, 5.41) is 3.56. The third-order valence-electron chi connectivity index (χ3n) is 4.77. The Bertz CT molecular complexity index is 620. The molecule has 22 heavy (non-hydrogen) atoms. The minimum Gasteiger partial charge on any atom is -0.378 e. The summed E-state index contributed by atoms with van der Waals surface area (Å²) in [5.41, 5.74) is 10.6. The van der Waals surface area contributed by atoms with E-state index in [1.807, 2.05) is 12.1 Å². The van der Waals surface area contributed by atoms with Crippen molar-refractivity contribution < 1.29 is 4.79 Å². The van der Waals surface area contributed by atoms with Crippen molar-refractivity contribution in [1.82, 2.24) is 0 Å². The van der Waals surface area contributed by atoms with Crippen LogP contribution in [-0.2, 0) is 6.42 Å². The van der Waals surface area contributed by atoms with Crippen molar-refractivity contribution in [3.63, 3.8) is 0 Å². The number of alkyl halides is 1. The summed E-state index contributed by atoms with van der Waals surface area (Å²) in [6, 6.07) is 5.55. The number of carbonyl (C=O) groups is 1. The summed E-state index contributed by atoms with van der Waals surface area (Å²) in [6.45, 7) is 8.64. The number of fused-ring (bicyclic) bond motifs is 1. The van der Waals surface area contributed by atoms with Crippen molar-refractivity contribution in [2.75, 3.05) is 5.32 Å². The van der Waals surface area contributed by atoms with Gasteiger partial charge in [-0.1, -0.05) is 11.1 Å². The predicted molar refractivity (Wildman–Crippen MR) is 93.6 cm³/mol. The van der Waals surface area contributed by atoms with Crippen molar-refractivity contribution in [1.29, 1.82) is 0 Å². The number of rotatable bonds is 4. The molecule has 120 valence electrons. The lowest BCUT2D eigenvalue weighted by molar-refractivity contribution is 0.1000. The van der Waals surface area contributed by atoms with Gasteiger partial charge < -0.3 is 11.1 Å². The second kappa shape index (κ2) is 6.33. The van der Waals surface area contributed by atoms with E-state index in [-0.39, 0.29) is 10.9 Å². The lowest BCUT2D eigenvalue weighted by atomic mass is 9.82. The highest BCUT2D eigenvalue weighted by Gasteiger charge is 2.37. The van der Waals surface area contributed by atoms with Crippen LogP contribution in [0.5, 0.6) is 0 Å². The molecule has 2 rings (SSSR count). The van der Waals surface area contributed by atoms with E-state index < -0.39 is 5.91 Å². The molecule has 0 aromatic heterocycles. The molecule has 2 atom stereocenters. The van der Waals surface area contributed by atoms with Gasteiger partial charge in [-0.2, -0.15) is 0 Å². The van der Waals surface area contributed by atoms with E-state index >= 15 is 0 Å². The van der Waals surface area contributed by atoms with Gasteiger partial charge in [0.1, 0.15) is 0 Å². The minimum atomic E-state index is -0.401. The minimum absolute atomic E-state index is 0.0203. The van der Waals surface area contributed by atoms with Gasteiger partial charge in [-0.3, -0.25) is 4.79 Å². The molecular formula is C18H25ClN2O. The molecular weight excluding hydrogens is 296 g/mol. The van der Waals surface area contributed by atoms with Gasteiger partial charge in [-0.15, -0.1) is 11.6 Å². The molecule has 3 nitrogen and oxygen atoms in total. The first-order valence-corrected chi connectivity index (χ1v) is 8.14. The monoisotopic (exact) mass is 320 g/mol. The van der Waals surface area contributed by atoms with Gasteiger partial charge in [0.15, 0.2) is 0 Å². The first-order chi connectivity index (χ1) is 10.2. The van der Waals surface area contributed by atoms with Crippen LogP contribution in [0.25, 0.3) is 0 Å². The standard InChI is InChI=1S/C18H25ClN2O/c1-11(2)12(3)7-8-18(4)16(19)10-14-9-13(17(20)22)5-6-15(14)21-18/h5-6,9,16,21H,7-8,10H2,1-4H3,(H2,20,22). The second-order valence-corrected chi connectivity index (χ2v) is 7.26. The maximum Gasteiger partial charge on any atom is 0.248 e. The molecule has 1 aliphatic rings. The molecule has 0 spiro atoms. The predicted octanol–water partition coefficient (Wildman–Crippen LogP) is 4.26. The number of nitrogens with one attached hydrogen (secondary N) is 1. The fourth-order valence-electron chi connectivity index (χ4n) is 2.76. The zero-order valence-corrected chi connectivity index (χ0v) is 14.6. The molecule has 1 aliphatic heterocycles. The van der Waals surface area contributed by atoms with E-state index in [9.17, 15) is 4.79 Å². The molecule has 0 aliphatic carbocycles. The maximum atomic E-state index is 11.3. The van der Waals surface area contributed by atoms with Gasteiger partial charge in [-0.25, -0.2) is 0 Å². The number of halogens is 1. The van der Waals surface area contributed by atoms with Gasteiger partial charge >= 0.3 is 0 Å². The Morgan fingerprint density at radius 2 is 2.09 bits per heavy atom. The van der Waals surface area contributed by atoms with E-state index in [0.29, 0.717) is 5.56 Å². The van der Waals surface area contributed by atoms with Gasteiger partial charge in [0.25, 0.3) is 0 Å². The highest BCUT2D eigenvalue weighted by molar-refractivity contribution is 6.22. The summed E-state index contributed by atoms with van der Waals surface area (Å²) >= 11 is 6.65. The van der Waals surface area contributed by atoms with Crippen LogP contribution >= 0.6 is 11.6 Å². The number of hydrogen-bond donors (Lipinski definition) is 2. The van der Waals surface area contributed by atoms with Crippen molar-refractivity contribution in [3.8, 4) is 0 Å². The molecule has 2 unspecified atom stereocenters. The fraction of sp³-hybridized carbons (Fsp3) is 0.500. The van der Waals surface area contributed by atoms with E-state index in [1.54, 1.807) is 6.07 Å². The Kier molecular flexibility index (Phi) is 4.86. The summed E-state index contributed by atoms with van der Waals surface area (Å²) < 4.78 is 0. The number of anilines is 1. The number of amides is 1. The Labute approximate surface area is 137 Å². The third-order valence-corrected chi connectivity index (χ3v) is 5.41. The summed E-state index contributed by atoms with van der Waals surface area (Å²) in [6.07, 6.45) is 2.76. The molecule has 0 saturated heterocycles. The molecule has 0 radical (unpaired) electrons. The van der Waals surface area contributed by atoms with Crippen LogP contribution in [0.15, 0.2) is 29.3 Å². The SMILES string of the molecule is CC(C)=C(C)CCC1(C)Nc2ccc(C(N)=O)cc2CC1Cl. The van der Waals surface area contributed by atoms with Gasteiger partial charge in [0, 0.05) is 11.3 Å². The lowest BCUT2D eigenvalue weighted by Gasteiger charge is -2.41. The molecule has 1 heterocycles. The number of carbonyl (C=O) groups excluding carboxylic acids is 1. The molecule has 1 aromatic rings. The Balaban J connectivity index is 2.21. The van der Waals surface area contributed by atoms with Crippen LogP contribution in [0.2, 0.25) is 0 Å². The largest absolute Gasteiger partial charge is 0.378 e. The molecule has 3 N–H and O–H groups in total. The second-order valence-electron chi connectivity index (χ2n) is 6.73. The van der Waals surface area contributed by atoms with Gasteiger partial charge in [-0.05, 0) is 70.7 Å². The van der Waals surface area contributed by atoms with Crippen molar-refractivity contribution in [2.45, 2.75) is 57.9 Å². The van der Waals surface area contributed by atoms with E-state index in [2.05, 4.69) is 33.0 Å². The fourth-order valence-corrected chi connectivity index (χ4v) is 3.09. The highest BCUT2D eigenvalue weighted by atomic mass is 35.5. The Morgan fingerprint density at radius 3 is 2.68 bits per heavy atom. The van der Waals surface area contributed by atoms with Crippen LogP contribution in [0.3, 0.4) is 0 Å². The number of nitrogens with two attached hydrogens (primary N) is 1. The number of hydrogen-bond acceptors (Lipinski definition) is 2. The van der Waals surface area contributed by atoms with Gasteiger partial charge in [0.05, 0.1) is 10.9 Å². The quantitative estimate of drug-likeness (QED) is 0.643. The number of benzene rings is 1. The zero-order valence-electron chi connectivity index (χ0n) is 13.8. The number of primary amides is 1. The molecule has 1 amide bonds. The average molecular weight is 321 g/mol. The van der Waals surface area contributed by atoms with Crippen LogP contribution in [0, 0.1) is 0 Å². The average Bonchev–Trinajstić information content (AvgIpc) is 2.45. The van der Waals surface area contributed by atoms with E-state index in [0.717, 1.165) is 30.5 Å². The highest BCUT2D eigenvalue weighted by Crippen LogP contribution is 2.37. The summed E-state index contributed by atoms with van der Waals surface area (Å²) in [4.78, 5) is 11.3. The summed E-state index contributed by atoms with van der Waals surface area (Å²) in [5.74, 6) is -0.401. The Morgan fingerprint density at radius 1 is 1.41 bits per heavy atom. The van der Waals surface area contributed by atoms with Crippen LogP contribution in [-0.4, -0.2) is 16.8 Å². The van der Waals surface area contributed by atoms with Crippen LogP contribution in [0.4, 0.5) is 5.69 Å². The summed E-state index contributed by atoms with van der Waals surface area (Å²) in [7, 11) is 0. The van der Waals surface area contributed by atoms with Crippen molar-refractivity contribution in [3.05, 3.63) is 40.5 Å². The van der Waals surface area contributed by atoms with Crippen molar-refractivity contribution >= 4 is 23.2 Å². The number of allylic oxidation sites excluding steroid dienone is 2. The third kappa shape index (κ3) is 3.46. The van der Waals surface area contributed by atoms with Crippen LogP contribution < -0.4 is 11.1 Å². The normalized spacial score (nSPS) is 23.4. The Hall–Kier alpha value is -1.48. The molecule has 0 bridgehead atoms. The van der Waals surface area contributed by atoms with E-state index in [4.69, 9.17) is 17.3 Å². The van der Waals surface area contributed by atoms with Crippen molar-refractivity contribution in [2.24, 2.45) is 5.73 Å². The molecule has 0 fully saturated rings. The first-order valence-electron chi connectivity index (χ1n) is 7.71. The molecule has 1 aromatic carbocycles. The van der Waals surface area contributed by atoms with E-state index in [1.165, 1.54) is 11.1 Å². The lowest BCUT2D eigenvalue weighted by Crippen LogP contribution is -2.48. The maximum absolute atomic E-state index is 11.3. The topological polar surface area (TPSA) is 55.1 Å². The first kappa shape index (κ1) is 16.9. The van der Waals surface area contributed by atoms with Gasteiger partial charge in [0.2, 0.25) is 5.91 Å². The molecule has 4 heteroatoms. The zero-order chi connectivity index (χ0) is 16.5. The van der Waals surface area contributed by atoms with Crippen LogP contribution in [0.1, 0.15) is 56.5 Å².